The summed E-state index contributed by atoms with van der Waals surface area (Å²) in [7, 11) is 0. The summed E-state index contributed by atoms with van der Waals surface area (Å²) in [5.74, 6) is 0.941. The molecule has 0 amide bonds. The van der Waals surface area contributed by atoms with Crippen molar-refractivity contribution >= 4 is 17.3 Å². The van der Waals surface area contributed by atoms with E-state index in [2.05, 4.69) is 18.3 Å². The van der Waals surface area contributed by atoms with E-state index in [1.54, 1.807) is 0 Å². The van der Waals surface area contributed by atoms with Gasteiger partial charge in [0.2, 0.25) is 0 Å². The summed E-state index contributed by atoms with van der Waals surface area (Å²) in [6.07, 6.45) is 8.46. The van der Waals surface area contributed by atoms with Crippen LogP contribution in [0.2, 0.25) is 5.02 Å². The SMILES string of the molecule is Cc1ccc(Cl)cc1NCCC1CCCCC1. The van der Waals surface area contributed by atoms with Crippen molar-refractivity contribution in [3.8, 4) is 0 Å². The lowest BCUT2D eigenvalue weighted by Crippen LogP contribution is -2.12. The molecule has 1 saturated carbocycles. The molecule has 17 heavy (non-hydrogen) atoms. The Bertz CT molecular complexity index is 356. The van der Waals surface area contributed by atoms with E-state index in [1.165, 1.54) is 49.8 Å². The molecule has 1 aliphatic rings. The van der Waals surface area contributed by atoms with Gasteiger partial charge < -0.3 is 5.32 Å². The molecule has 1 nitrogen and oxygen atoms in total. The van der Waals surface area contributed by atoms with Gasteiger partial charge in [-0.1, -0.05) is 49.8 Å². The Morgan fingerprint density at radius 3 is 2.76 bits per heavy atom. The van der Waals surface area contributed by atoms with Crippen molar-refractivity contribution in [1.82, 2.24) is 0 Å². The Morgan fingerprint density at radius 2 is 2.00 bits per heavy atom. The van der Waals surface area contributed by atoms with Crippen molar-refractivity contribution in [3.63, 3.8) is 0 Å². The quantitative estimate of drug-likeness (QED) is 0.791. The topological polar surface area (TPSA) is 12.0 Å². The Balaban J connectivity index is 1.79. The number of halogens is 1. The largest absolute Gasteiger partial charge is 0.385 e. The fourth-order valence-electron chi connectivity index (χ4n) is 2.67. The van der Waals surface area contributed by atoms with Crippen molar-refractivity contribution in [2.75, 3.05) is 11.9 Å². The van der Waals surface area contributed by atoms with E-state index < -0.39 is 0 Å². The standard InChI is InChI=1S/C15H22ClN/c1-12-7-8-14(16)11-15(12)17-10-9-13-5-3-2-4-6-13/h7-8,11,13,17H,2-6,9-10H2,1H3. The van der Waals surface area contributed by atoms with Crippen molar-refractivity contribution in [2.24, 2.45) is 5.92 Å². The summed E-state index contributed by atoms with van der Waals surface area (Å²) in [6, 6.07) is 6.05. The number of rotatable bonds is 4. The zero-order valence-electron chi connectivity index (χ0n) is 10.6. The third-order valence-corrected chi connectivity index (χ3v) is 4.03. The van der Waals surface area contributed by atoms with Crippen molar-refractivity contribution < 1.29 is 0 Å². The maximum Gasteiger partial charge on any atom is 0.0426 e. The van der Waals surface area contributed by atoms with Crippen molar-refractivity contribution in [3.05, 3.63) is 28.8 Å². The molecule has 94 valence electrons. The fraction of sp³-hybridized carbons (Fsp3) is 0.600. The van der Waals surface area contributed by atoms with Crippen molar-refractivity contribution in [2.45, 2.75) is 45.4 Å². The minimum absolute atomic E-state index is 0.816. The number of aryl methyl sites for hydroxylation is 1. The third kappa shape index (κ3) is 3.92. The number of benzene rings is 1. The van der Waals surface area contributed by atoms with Crippen molar-refractivity contribution in [1.29, 1.82) is 0 Å². The highest BCUT2D eigenvalue weighted by molar-refractivity contribution is 6.30. The maximum absolute atomic E-state index is 6.00. The number of nitrogens with one attached hydrogen (secondary N) is 1. The predicted octanol–water partition coefficient (Wildman–Crippen LogP) is 5.03. The average Bonchev–Trinajstić information content (AvgIpc) is 2.35. The van der Waals surface area contributed by atoms with Gasteiger partial charge in [0.05, 0.1) is 0 Å². The van der Waals surface area contributed by atoms with Gasteiger partial charge in [-0.25, -0.2) is 0 Å². The van der Waals surface area contributed by atoms with E-state index in [9.17, 15) is 0 Å². The third-order valence-electron chi connectivity index (χ3n) is 3.79. The van der Waals surface area contributed by atoms with Gasteiger partial charge in [0, 0.05) is 17.3 Å². The molecule has 1 aliphatic carbocycles. The highest BCUT2D eigenvalue weighted by atomic mass is 35.5. The van der Waals surface area contributed by atoms with Crippen LogP contribution in [0.15, 0.2) is 18.2 Å². The van der Waals surface area contributed by atoms with Gasteiger partial charge in [0.15, 0.2) is 0 Å². The van der Waals surface area contributed by atoms with Gasteiger partial charge >= 0.3 is 0 Å². The molecule has 0 unspecified atom stereocenters. The molecule has 1 N–H and O–H groups in total. The maximum atomic E-state index is 6.00. The second-order valence-corrected chi connectivity index (χ2v) is 5.62. The summed E-state index contributed by atoms with van der Waals surface area (Å²) in [5.41, 5.74) is 2.46. The minimum atomic E-state index is 0.816. The first kappa shape index (κ1) is 12.8. The van der Waals surface area contributed by atoms with Crippen LogP contribution in [0.1, 0.15) is 44.1 Å². The summed E-state index contributed by atoms with van der Waals surface area (Å²) in [6.45, 7) is 3.20. The van der Waals surface area contributed by atoms with Crippen LogP contribution < -0.4 is 5.32 Å². The minimum Gasteiger partial charge on any atom is -0.385 e. The Hall–Kier alpha value is -0.690. The van der Waals surface area contributed by atoms with Crippen LogP contribution in [0.3, 0.4) is 0 Å². The molecule has 1 aromatic rings. The smallest absolute Gasteiger partial charge is 0.0426 e. The van der Waals surface area contributed by atoms with E-state index in [1.807, 2.05) is 12.1 Å². The van der Waals surface area contributed by atoms with E-state index >= 15 is 0 Å². The molecule has 0 aromatic heterocycles. The molecule has 2 rings (SSSR count). The zero-order chi connectivity index (χ0) is 12.1. The first-order valence-electron chi connectivity index (χ1n) is 6.76. The molecule has 1 fully saturated rings. The molecule has 0 bridgehead atoms. The summed E-state index contributed by atoms with van der Waals surface area (Å²) >= 11 is 6.00. The summed E-state index contributed by atoms with van der Waals surface area (Å²) < 4.78 is 0. The van der Waals surface area contributed by atoms with Gasteiger partial charge in [-0.15, -0.1) is 0 Å². The van der Waals surface area contributed by atoms with Gasteiger partial charge in [0.1, 0.15) is 0 Å². The van der Waals surface area contributed by atoms with Gasteiger partial charge in [-0.3, -0.25) is 0 Å². The zero-order valence-corrected chi connectivity index (χ0v) is 11.4. The highest BCUT2D eigenvalue weighted by Gasteiger charge is 2.12. The molecular weight excluding hydrogens is 230 g/mol. The van der Waals surface area contributed by atoms with Crippen LogP contribution in [0, 0.1) is 12.8 Å². The first-order chi connectivity index (χ1) is 8.25. The van der Waals surface area contributed by atoms with Crippen LogP contribution in [0.5, 0.6) is 0 Å². The number of anilines is 1. The Kier molecular flexibility index (Phi) is 4.73. The van der Waals surface area contributed by atoms with Gasteiger partial charge in [0.25, 0.3) is 0 Å². The van der Waals surface area contributed by atoms with Gasteiger partial charge in [-0.05, 0) is 37.0 Å². The van der Waals surface area contributed by atoms with Crippen LogP contribution in [-0.2, 0) is 0 Å². The molecular formula is C15H22ClN. The molecule has 0 radical (unpaired) electrons. The van der Waals surface area contributed by atoms with E-state index in [-0.39, 0.29) is 0 Å². The van der Waals surface area contributed by atoms with E-state index in [0.717, 1.165) is 17.5 Å². The summed E-state index contributed by atoms with van der Waals surface area (Å²) in [4.78, 5) is 0. The highest BCUT2D eigenvalue weighted by Crippen LogP contribution is 2.26. The van der Waals surface area contributed by atoms with Crippen LogP contribution in [0.4, 0.5) is 5.69 Å². The Labute approximate surface area is 110 Å². The lowest BCUT2D eigenvalue weighted by Gasteiger charge is -2.22. The van der Waals surface area contributed by atoms with E-state index in [0.29, 0.717) is 0 Å². The Morgan fingerprint density at radius 1 is 1.24 bits per heavy atom. The lowest BCUT2D eigenvalue weighted by molar-refractivity contribution is 0.345. The summed E-state index contributed by atoms with van der Waals surface area (Å²) in [5, 5.41) is 4.33. The molecule has 1 aromatic carbocycles. The lowest BCUT2D eigenvalue weighted by atomic mass is 9.87. The molecule has 2 heteroatoms. The van der Waals surface area contributed by atoms with Crippen LogP contribution in [-0.4, -0.2) is 6.54 Å². The average molecular weight is 252 g/mol. The second-order valence-electron chi connectivity index (χ2n) is 5.18. The molecule has 0 saturated heterocycles. The van der Waals surface area contributed by atoms with E-state index in [4.69, 9.17) is 11.6 Å². The number of hydrogen-bond donors (Lipinski definition) is 1. The van der Waals surface area contributed by atoms with Crippen LogP contribution in [0.25, 0.3) is 0 Å². The molecule has 0 atom stereocenters. The fourth-order valence-corrected chi connectivity index (χ4v) is 2.84. The predicted molar refractivity (Wildman–Crippen MR) is 75.9 cm³/mol. The van der Waals surface area contributed by atoms with Crippen LogP contribution >= 0.6 is 11.6 Å². The molecule has 0 spiro atoms. The second kappa shape index (κ2) is 6.30. The normalized spacial score (nSPS) is 17.1. The molecule has 0 aliphatic heterocycles. The first-order valence-corrected chi connectivity index (χ1v) is 7.13. The monoisotopic (exact) mass is 251 g/mol. The van der Waals surface area contributed by atoms with Gasteiger partial charge in [-0.2, -0.15) is 0 Å². The molecule has 0 heterocycles. The number of hydrogen-bond acceptors (Lipinski definition) is 1.